The third-order valence-electron chi connectivity index (χ3n) is 3.76. The highest BCUT2D eigenvalue weighted by molar-refractivity contribution is 5.87. The SMILES string of the molecule is Cc1ccc(C(C)(C)C(=O)NCC2CNC2)cc1. The molecule has 18 heavy (non-hydrogen) atoms. The summed E-state index contributed by atoms with van der Waals surface area (Å²) in [4.78, 5) is 12.3. The molecule has 1 saturated heterocycles. The van der Waals surface area contributed by atoms with Gasteiger partial charge < -0.3 is 10.6 Å². The number of carbonyl (C=O) groups excluding carboxylic acids is 1. The number of carbonyl (C=O) groups is 1. The fraction of sp³-hybridized carbons (Fsp3) is 0.533. The molecule has 1 aromatic rings. The molecule has 1 aromatic carbocycles. The second-order valence-corrected chi connectivity index (χ2v) is 5.73. The van der Waals surface area contributed by atoms with E-state index in [0.717, 1.165) is 25.2 Å². The van der Waals surface area contributed by atoms with Gasteiger partial charge >= 0.3 is 0 Å². The molecule has 0 saturated carbocycles. The maximum Gasteiger partial charge on any atom is 0.230 e. The standard InChI is InChI=1S/C15H22N2O/c1-11-4-6-13(7-5-11)15(2,3)14(18)17-10-12-8-16-9-12/h4-7,12,16H,8-10H2,1-3H3,(H,17,18). The third kappa shape index (κ3) is 2.72. The van der Waals surface area contributed by atoms with Crippen LogP contribution in [-0.4, -0.2) is 25.5 Å². The van der Waals surface area contributed by atoms with E-state index in [1.807, 2.05) is 26.0 Å². The van der Waals surface area contributed by atoms with Gasteiger partial charge in [-0.3, -0.25) is 4.79 Å². The molecular weight excluding hydrogens is 224 g/mol. The average molecular weight is 246 g/mol. The van der Waals surface area contributed by atoms with Gasteiger partial charge in [-0.25, -0.2) is 0 Å². The van der Waals surface area contributed by atoms with Gasteiger partial charge in [-0.2, -0.15) is 0 Å². The Kier molecular flexibility index (Phi) is 3.71. The molecule has 0 bridgehead atoms. The molecule has 1 amide bonds. The summed E-state index contributed by atoms with van der Waals surface area (Å²) >= 11 is 0. The summed E-state index contributed by atoms with van der Waals surface area (Å²) in [6, 6.07) is 8.19. The van der Waals surface area contributed by atoms with Gasteiger partial charge in [0, 0.05) is 25.6 Å². The molecule has 1 fully saturated rings. The normalized spacial score (nSPS) is 16.2. The second kappa shape index (κ2) is 5.11. The summed E-state index contributed by atoms with van der Waals surface area (Å²) < 4.78 is 0. The van der Waals surface area contributed by atoms with Gasteiger partial charge in [-0.05, 0) is 26.3 Å². The molecule has 0 spiro atoms. The van der Waals surface area contributed by atoms with Crippen LogP contribution in [0.5, 0.6) is 0 Å². The predicted octanol–water partition coefficient (Wildman–Crippen LogP) is 1.61. The molecule has 0 atom stereocenters. The van der Waals surface area contributed by atoms with E-state index < -0.39 is 5.41 Å². The Morgan fingerprint density at radius 3 is 2.44 bits per heavy atom. The average Bonchev–Trinajstić information content (AvgIpc) is 2.27. The summed E-state index contributed by atoms with van der Waals surface area (Å²) in [7, 11) is 0. The summed E-state index contributed by atoms with van der Waals surface area (Å²) in [6.45, 7) is 8.83. The maximum atomic E-state index is 12.3. The number of hydrogen-bond acceptors (Lipinski definition) is 2. The van der Waals surface area contributed by atoms with Crippen molar-refractivity contribution >= 4 is 5.91 Å². The minimum Gasteiger partial charge on any atom is -0.355 e. The fourth-order valence-corrected chi connectivity index (χ4v) is 2.05. The van der Waals surface area contributed by atoms with Crippen molar-refractivity contribution in [2.45, 2.75) is 26.2 Å². The lowest BCUT2D eigenvalue weighted by molar-refractivity contribution is -0.125. The number of hydrogen-bond donors (Lipinski definition) is 2. The van der Waals surface area contributed by atoms with Crippen molar-refractivity contribution in [1.82, 2.24) is 10.6 Å². The molecule has 0 unspecified atom stereocenters. The highest BCUT2D eigenvalue weighted by Crippen LogP contribution is 2.23. The number of aryl methyl sites for hydroxylation is 1. The Labute approximate surface area is 109 Å². The lowest BCUT2D eigenvalue weighted by Gasteiger charge is -2.30. The zero-order chi connectivity index (χ0) is 13.2. The largest absolute Gasteiger partial charge is 0.355 e. The van der Waals surface area contributed by atoms with E-state index in [0.29, 0.717) is 5.92 Å². The number of nitrogens with one attached hydrogen (secondary N) is 2. The van der Waals surface area contributed by atoms with Gasteiger partial charge in [0.2, 0.25) is 5.91 Å². The Bertz CT molecular complexity index is 419. The highest BCUT2D eigenvalue weighted by atomic mass is 16.2. The van der Waals surface area contributed by atoms with E-state index >= 15 is 0 Å². The van der Waals surface area contributed by atoms with Crippen LogP contribution in [0.25, 0.3) is 0 Å². The zero-order valence-electron chi connectivity index (χ0n) is 11.4. The van der Waals surface area contributed by atoms with E-state index in [1.165, 1.54) is 5.56 Å². The summed E-state index contributed by atoms with van der Waals surface area (Å²) in [6.07, 6.45) is 0. The summed E-state index contributed by atoms with van der Waals surface area (Å²) in [5, 5.41) is 6.27. The summed E-state index contributed by atoms with van der Waals surface area (Å²) in [5.41, 5.74) is 1.82. The molecule has 3 heteroatoms. The van der Waals surface area contributed by atoms with Crippen LogP contribution < -0.4 is 10.6 Å². The van der Waals surface area contributed by atoms with E-state index in [4.69, 9.17) is 0 Å². The first-order valence-electron chi connectivity index (χ1n) is 6.56. The van der Waals surface area contributed by atoms with Crippen LogP contribution >= 0.6 is 0 Å². The monoisotopic (exact) mass is 246 g/mol. The van der Waals surface area contributed by atoms with Gasteiger partial charge in [-0.15, -0.1) is 0 Å². The first kappa shape index (κ1) is 13.1. The molecule has 98 valence electrons. The Balaban J connectivity index is 1.99. The Morgan fingerprint density at radius 2 is 1.94 bits per heavy atom. The van der Waals surface area contributed by atoms with Crippen molar-refractivity contribution < 1.29 is 4.79 Å². The van der Waals surface area contributed by atoms with Crippen LogP contribution in [0.15, 0.2) is 24.3 Å². The summed E-state index contributed by atoms with van der Waals surface area (Å²) in [5.74, 6) is 0.709. The van der Waals surface area contributed by atoms with Gasteiger partial charge in [0.15, 0.2) is 0 Å². The molecule has 2 rings (SSSR count). The van der Waals surface area contributed by atoms with E-state index in [-0.39, 0.29) is 5.91 Å². The predicted molar refractivity (Wildman–Crippen MR) is 73.6 cm³/mol. The van der Waals surface area contributed by atoms with E-state index in [2.05, 4.69) is 29.7 Å². The third-order valence-corrected chi connectivity index (χ3v) is 3.76. The zero-order valence-corrected chi connectivity index (χ0v) is 11.4. The van der Waals surface area contributed by atoms with Crippen molar-refractivity contribution in [2.24, 2.45) is 5.92 Å². The maximum absolute atomic E-state index is 12.3. The molecule has 3 nitrogen and oxygen atoms in total. The minimum atomic E-state index is -0.467. The van der Waals surface area contributed by atoms with Crippen LogP contribution in [0, 0.1) is 12.8 Å². The van der Waals surface area contributed by atoms with Crippen molar-refractivity contribution in [1.29, 1.82) is 0 Å². The molecule has 0 radical (unpaired) electrons. The van der Waals surface area contributed by atoms with Gasteiger partial charge in [0.05, 0.1) is 5.41 Å². The van der Waals surface area contributed by atoms with Crippen LogP contribution in [0.1, 0.15) is 25.0 Å². The molecule has 1 heterocycles. The molecule has 1 aliphatic rings. The minimum absolute atomic E-state index is 0.109. The lowest BCUT2D eigenvalue weighted by Crippen LogP contribution is -2.50. The topological polar surface area (TPSA) is 41.1 Å². The lowest BCUT2D eigenvalue weighted by atomic mass is 9.83. The van der Waals surface area contributed by atoms with Crippen LogP contribution in [-0.2, 0) is 10.2 Å². The van der Waals surface area contributed by atoms with Gasteiger partial charge in [0.25, 0.3) is 0 Å². The van der Waals surface area contributed by atoms with Crippen molar-refractivity contribution in [3.8, 4) is 0 Å². The Morgan fingerprint density at radius 1 is 1.33 bits per heavy atom. The van der Waals surface area contributed by atoms with Crippen molar-refractivity contribution in [3.63, 3.8) is 0 Å². The molecule has 0 aliphatic carbocycles. The number of benzene rings is 1. The van der Waals surface area contributed by atoms with Crippen LogP contribution in [0.2, 0.25) is 0 Å². The number of amides is 1. The van der Waals surface area contributed by atoms with Gasteiger partial charge in [0.1, 0.15) is 0 Å². The Hall–Kier alpha value is -1.35. The van der Waals surface area contributed by atoms with Crippen LogP contribution in [0.4, 0.5) is 0 Å². The quantitative estimate of drug-likeness (QED) is 0.847. The smallest absolute Gasteiger partial charge is 0.230 e. The van der Waals surface area contributed by atoms with Crippen LogP contribution in [0.3, 0.4) is 0 Å². The van der Waals surface area contributed by atoms with Crippen molar-refractivity contribution in [2.75, 3.05) is 19.6 Å². The number of rotatable bonds is 4. The van der Waals surface area contributed by atoms with Gasteiger partial charge in [-0.1, -0.05) is 29.8 Å². The fourth-order valence-electron chi connectivity index (χ4n) is 2.05. The van der Waals surface area contributed by atoms with E-state index in [1.54, 1.807) is 0 Å². The molecule has 1 aliphatic heterocycles. The van der Waals surface area contributed by atoms with Crippen molar-refractivity contribution in [3.05, 3.63) is 35.4 Å². The molecular formula is C15H22N2O. The second-order valence-electron chi connectivity index (χ2n) is 5.73. The first-order chi connectivity index (χ1) is 8.50. The molecule has 0 aromatic heterocycles. The van der Waals surface area contributed by atoms with E-state index in [9.17, 15) is 4.79 Å². The highest BCUT2D eigenvalue weighted by Gasteiger charge is 2.30. The first-order valence-corrected chi connectivity index (χ1v) is 6.56. The molecule has 2 N–H and O–H groups in total.